The number of carboxylic acids is 1. The van der Waals surface area contributed by atoms with E-state index in [0.29, 0.717) is 0 Å². The first-order valence-electron chi connectivity index (χ1n) is 4.64. The molecule has 0 saturated carbocycles. The second-order valence-electron chi connectivity index (χ2n) is 3.60. The van der Waals surface area contributed by atoms with Crippen molar-refractivity contribution in [3.05, 3.63) is 28.8 Å². The third-order valence-corrected chi connectivity index (χ3v) is 3.43. The summed E-state index contributed by atoms with van der Waals surface area (Å²) in [7, 11) is 0. The number of hydrogen-bond donors (Lipinski definition) is 2. The van der Waals surface area contributed by atoms with Crippen molar-refractivity contribution in [3.8, 4) is 0 Å². The summed E-state index contributed by atoms with van der Waals surface area (Å²) in [6.45, 7) is 5.96. The molecule has 1 atom stereocenters. The van der Waals surface area contributed by atoms with Crippen LogP contribution in [0.5, 0.6) is 0 Å². The van der Waals surface area contributed by atoms with Gasteiger partial charge < -0.3 is 10.8 Å². The highest BCUT2D eigenvalue weighted by Gasteiger charge is 2.15. The molecule has 0 heterocycles. The molecule has 0 aromatic heterocycles. The number of carbonyl (C=O) groups is 1. The van der Waals surface area contributed by atoms with Crippen molar-refractivity contribution in [2.75, 3.05) is 0 Å². The predicted molar refractivity (Wildman–Crippen MR) is 62.1 cm³/mol. The van der Waals surface area contributed by atoms with Crippen molar-refractivity contribution < 1.29 is 9.90 Å². The van der Waals surface area contributed by atoms with Gasteiger partial charge >= 0.3 is 5.97 Å². The van der Waals surface area contributed by atoms with Crippen molar-refractivity contribution in [1.82, 2.24) is 0 Å². The molecule has 1 unspecified atom stereocenters. The average Bonchev–Trinajstić information content (AvgIpc) is 2.10. The molecule has 0 fully saturated rings. The molecule has 0 spiro atoms. The van der Waals surface area contributed by atoms with Crippen molar-refractivity contribution >= 4 is 17.7 Å². The van der Waals surface area contributed by atoms with Crippen LogP contribution in [0.4, 0.5) is 0 Å². The van der Waals surface area contributed by atoms with E-state index in [-0.39, 0.29) is 0 Å². The number of aryl methyl sites for hydroxylation is 3. The molecule has 0 bridgehead atoms. The first-order chi connectivity index (χ1) is 6.91. The number of rotatable bonds is 3. The largest absolute Gasteiger partial charge is 0.479 e. The zero-order chi connectivity index (χ0) is 11.6. The molecular weight excluding hydrogens is 210 g/mol. The van der Waals surface area contributed by atoms with E-state index in [4.69, 9.17) is 10.8 Å². The Hall–Kier alpha value is -1.00. The fourth-order valence-electron chi connectivity index (χ4n) is 1.53. The molecule has 1 aromatic carbocycles. The van der Waals surface area contributed by atoms with Gasteiger partial charge in [-0.3, -0.25) is 0 Å². The molecule has 15 heavy (non-hydrogen) atoms. The first kappa shape index (κ1) is 12.1. The van der Waals surface area contributed by atoms with Gasteiger partial charge in [-0.2, -0.15) is 0 Å². The van der Waals surface area contributed by atoms with E-state index in [1.165, 1.54) is 17.3 Å². The van der Waals surface area contributed by atoms with E-state index >= 15 is 0 Å². The average molecular weight is 225 g/mol. The maximum absolute atomic E-state index is 10.6. The minimum atomic E-state index is -0.987. The molecule has 82 valence electrons. The molecule has 0 radical (unpaired) electrons. The smallest absolute Gasteiger partial charge is 0.331 e. The van der Waals surface area contributed by atoms with Crippen molar-refractivity contribution in [1.29, 1.82) is 0 Å². The lowest BCUT2D eigenvalue weighted by atomic mass is 10.1. The minimum Gasteiger partial charge on any atom is -0.479 e. The van der Waals surface area contributed by atoms with Gasteiger partial charge in [0.15, 0.2) is 5.37 Å². The molecule has 0 aliphatic heterocycles. The van der Waals surface area contributed by atoms with Gasteiger partial charge in [-0.1, -0.05) is 29.5 Å². The van der Waals surface area contributed by atoms with Gasteiger partial charge in [0.25, 0.3) is 0 Å². The molecule has 1 rings (SSSR count). The van der Waals surface area contributed by atoms with Crippen molar-refractivity contribution in [3.63, 3.8) is 0 Å². The third-order valence-electron chi connectivity index (χ3n) is 2.09. The summed E-state index contributed by atoms with van der Waals surface area (Å²) in [5.74, 6) is -0.987. The summed E-state index contributed by atoms with van der Waals surface area (Å²) >= 11 is 1.19. The molecule has 0 aliphatic carbocycles. The predicted octanol–water partition coefficient (Wildman–Crippen LogP) is 2.07. The lowest BCUT2D eigenvalue weighted by Crippen LogP contribution is -2.26. The van der Waals surface area contributed by atoms with E-state index in [1.54, 1.807) is 0 Å². The van der Waals surface area contributed by atoms with Crippen LogP contribution in [-0.4, -0.2) is 16.4 Å². The Kier molecular flexibility index (Phi) is 3.77. The Bertz CT molecular complexity index is 367. The fraction of sp³-hybridized carbons (Fsp3) is 0.364. The number of hydrogen-bond acceptors (Lipinski definition) is 3. The Balaban J connectivity index is 3.00. The van der Waals surface area contributed by atoms with Crippen LogP contribution in [0.2, 0.25) is 0 Å². The zero-order valence-electron chi connectivity index (χ0n) is 9.07. The van der Waals surface area contributed by atoms with Gasteiger partial charge in [0.2, 0.25) is 0 Å². The van der Waals surface area contributed by atoms with Crippen LogP contribution in [-0.2, 0) is 4.79 Å². The molecule has 3 nitrogen and oxygen atoms in total. The number of nitrogens with two attached hydrogens (primary N) is 1. The highest BCUT2D eigenvalue weighted by atomic mass is 32.2. The molecule has 4 heteroatoms. The standard InChI is InChI=1S/C11H15NO2S/c1-6-4-7(2)9(8(3)5-6)15-10(12)11(13)14/h4-5,10H,12H2,1-3H3,(H,13,14). The zero-order valence-corrected chi connectivity index (χ0v) is 9.89. The summed E-state index contributed by atoms with van der Waals surface area (Å²) in [5, 5.41) is 7.84. The summed E-state index contributed by atoms with van der Waals surface area (Å²) in [4.78, 5) is 11.6. The lowest BCUT2D eigenvalue weighted by molar-refractivity contribution is -0.136. The Morgan fingerprint density at radius 1 is 1.33 bits per heavy atom. The van der Waals surface area contributed by atoms with Gasteiger partial charge in [0, 0.05) is 4.90 Å². The van der Waals surface area contributed by atoms with Crippen LogP contribution >= 0.6 is 11.8 Å². The molecule has 0 saturated heterocycles. The highest BCUT2D eigenvalue weighted by Crippen LogP contribution is 2.29. The van der Waals surface area contributed by atoms with Crippen LogP contribution < -0.4 is 5.73 Å². The molecule has 0 aliphatic rings. The van der Waals surface area contributed by atoms with E-state index in [0.717, 1.165) is 16.0 Å². The lowest BCUT2D eigenvalue weighted by Gasteiger charge is -2.12. The van der Waals surface area contributed by atoms with Gasteiger partial charge in [0.1, 0.15) is 0 Å². The van der Waals surface area contributed by atoms with E-state index in [2.05, 4.69) is 0 Å². The summed E-state index contributed by atoms with van der Waals surface area (Å²) in [6, 6.07) is 4.06. The summed E-state index contributed by atoms with van der Waals surface area (Å²) in [5.41, 5.74) is 8.82. The Morgan fingerprint density at radius 2 is 1.80 bits per heavy atom. The second-order valence-corrected chi connectivity index (χ2v) is 4.76. The number of aliphatic carboxylic acids is 1. The van der Waals surface area contributed by atoms with E-state index in [1.807, 2.05) is 32.9 Å². The van der Waals surface area contributed by atoms with Crippen molar-refractivity contribution in [2.24, 2.45) is 5.73 Å². The van der Waals surface area contributed by atoms with Gasteiger partial charge in [-0.15, -0.1) is 0 Å². The minimum absolute atomic E-state index is 0.898. The summed E-state index contributed by atoms with van der Waals surface area (Å²) in [6.07, 6.45) is 0. The third kappa shape index (κ3) is 2.97. The first-order valence-corrected chi connectivity index (χ1v) is 5.52. The Morgan fingerprint density at radius 3 is 2.20 bits per heavy atom. The van der Waals surface area contributed by atoms with Crippen LogP contribution in [0, 0.1) is 20.8 Å². The SMILES string of the molecule is Cc1cc(C)c(SC(N)C(=O)O)c(C)c1. The van der Waals surface area contributed by atoms with Gasteiger partial charge in [-0.25, -0.2) is 4.79 Å². The van der Waals surface area contributed by atoms with Crippen LogP contribution in [0.15, 0.2) is 17.0 Å². The monoisotopic (exact) mass is 225 g/mol. The molecule has 3 N–H and O–H groups in total. The van der Waals surface area contributed by atoms with Gasteiger partial charge in [0.05, 0.1) is 0 Å². The van der Waals surface area contributed by atoms with E-state index in [9.17, 15) is 4.79 Å². The van der Waals surface area contributed by atoms with Crippen LogP contribution in [0.3, 0.4) is 0 Å². The quantitative estimate of drug-likeness (QED) is 0.610. The van der Waals surface area contributed by atoms with Crippen LogP contribution in [0.1, 0.15) is 16.7 Å². The summed E-state index contributed by atoms with van der Waals surface area (Å²) < 4.78 is 0. The van der Waals surface area contributed by atoms with Crippen molar-refractivity contribution in [2.45, 2.75) is 31.0 Å². The van der Waals surface area contributed by atoms with Crippen LogP contribution in [0.25, 0.3) is 0 Å². The molecular formula is C11H15NO2S. The Labute approximate surface area is 93.7 Å². The maximum Gasteiger partial charge on any atom is 0.331 e. The topological polar surface area (TPSA) is 63.3 Å². The highest BCUT2D eigenvalue weighted by molar-refractivity contribution is 8.00. The molecule has 1 aromatic rings. The molecule has 0 amide bonds. The van der Waals surface area contributed by atoms with Gasteiger partial charge in [-0.05, 0) is 31.9 Å². The van der Waals surface area contributed by atoms with E-state index < -0.39 is 11.3 Å². The second kappa shape index (κ2) is 4.68. The maximum atomic E-state index is 10.6. The normalized spacial score (nSPS) is 12.5. The number of benzene rings is 1. The fourth-order valence-corrected chi connectivity index (χ4v) is 2.37. The number of carboxylic acid groups (broad SMARTS) is 1. The number of thioether (sulfide) groups is 1.